The van der Waals surface area contributed by atoms with E-state index in [4.69, 9.17) is 0 Å². The first-order valence-corrected chi connectivity index (χ1v) is 7.32. The zero-order valence-corrected chi connectivity index (χ0v) is 11.8. The third kappa shape index (κ3) is 2.59. The molecule has 0 aliphatic rings. The molecule has 0 saturated heterocycles. The van der Waals surface area contributed by atoms with Crippen molar-refractivity contribution in [1.29, 1.82) is 0 Å². The molecule has 1 heteroatoms. The topological polar surface area (TPSA) is 0 Å². The lowest BCUT2D eigenvalue weighted by molar-refractivity contribution is 1.56. The molecule has 2 aromatic carbocycles. The van der Waals surface area contributed by atoms with Gasteiger partial charge in [-0.05, 0) is 35.0 Å². The predicted molar refractivity (Wildman–Crippen MR) is 84.6 cm³/mol. The molecule has 3 rings (SSSR count). The molecule has 0 aliphatic heterocycles. The van der Waals surface area contributed by atoms with Crippen LogP contribution in [0.4, 0.5) is 0 Å². The summed E-state index contributed by atoms with van der Waals surface area (Å²) in [7, 11) is 1.31. The number of hydrogen-bond acceptors (Lipinski definition) is 0. The van der Waals surface area contributed by atoms with Gasteiger partial charge in [0.05, 0.1) is 0 Å². The standard InChI is InChI=1S/C18H15P/c1-14-17(15-8-4-2-5-9-15)12-13-18(19-14)16-10-6-3-7-11-16/h2-13H,1H3. The predicted octanol–water partition coefficient (Wildman–Crippen LogP) is 5.91. The third-order valence-corrected chi connectivity index (χ3v) is 4.46. The lowest BCUT2D eigenvalue weighted by Gasteiger charge is -2.08. The maximum Gasteiger partial charge on any atom is 0.00931 e. The fourth-order valence-corrected chi connectivity index (χ4v) is 3.37. The molecule has 3 aromatic rings. The molecule has 0 radical (unpaired) electrons. The molecule has 0 nitrogen and oxygen atoms in total. The summed E-state index contributed by atoms with van der Waals surface area (Å²) in [6, 6.07) is 25.7. The summed E-state index contributed by atoms with van der Waals surface area (Å²) >= 11 is 0. The second-order valence-electron chi connectivity index (χ2n) is 4.56. The van der Waals surface area contributed by atoms with Crippen LogP contribution < -0.4 is 0 Å². The second-order valence-corrected chi connectivity index (χ2v) is 5.94. The molecule has 0 aliphatic carbocycles. The van der Waals surface area contributed by atoms with E-state index in [1.54, 1.807) is 0 Å². The highest BCUT2D eigenvalue weighted by molar-refractivity contribution is 7.34. The molecule has 0 atom stereocenters. The van der Waals surface area contributed by atoms with Gasteiger partial charge in [-0.2, -0.15) is 0 Å². The van der Waals surface area contributed by atoms with Gasteiger partial charge in [-0.15, -0.1) is 0 Å². The van der Waals surface area contributed by atoms with E-state index in [0.29, 0.717) is 0 Å². The van der Waals surface area contributed by atoms with Crippen molar-refractivity contribution in [2.45, 2.75) is 6.92 Å². The largest absolute Gasteiger partial charge is 0.0639 e. The Kier molecular flexibility index (Phi) is 3.44. The van der Waals surface area contributed by atoms with Crippen molar-refractivity contribution in [1.82, 2.24) is 0 Å². The second kappa shape index (κ2) is 5.38. The molecule has 0 unspecified atom stereocenters. The van der Waals surface area contributed by atoms with E-state index in [-0.39, 0.29) is 0 Å². The Morgan fingerprint density at radius 2 is 1.21 bits per heavy atom. The highest BCUT2D eigenvalue weighted by atomic mass is 31.0. The summed E-state index contributed by atoms with van der Waals surface area (Å²) in [6.45, 7) is 2.22. The zero-order chi connectivity index (χ0) is 13.1. The Morgan fingerprint density at radius 3 is 1.79 bits per heavy atom. The first-order chi connectivity index (χ1) is 9.34. The molecule has 1 heterocycles. The number of hydrogen-bond donors (Lipinski definition) is 0. The maximum atomic E-state index is 2.24. The minimum absolute atomic E-state index is 1.30. The molecule has 0 bridgehead atoms. The van der Waals surface area contributed by atoms with E-state index < -0.39 is 0 Å². The van der Waals surface area contributed by atoms with Gasteiger partial charge in [-0.3, -0.25) is 0 Å². The fraction of sp³-hybridized carbons (Fsp3) is 0.0556. The van der Waals surface area contributed by atoms with Crippen molar-refractivity contribution in [3.05, 3.63) is 78.1 Å². The van der Waals surface area contributed by atoms with Crippen LogP contribution in [0.5, 0.6) is 0 Å². The number of rotatable bonds is 2. The van der Waals surface area contributed by atoms with Gasteiger partial charge in [0.2, 0.25) is 0 Å². The molecule has 0 N–H and O–H groups in total. The SMILES string of the molecule is Cc1pc(-c2ccccc2)ccc1-c1ccccc1. The van der Waals surface area contributed by atoms with Gasteiger partial charge in [0.1, 0.15) is 0 Å². The van der Waals surface area contributed by atoms with E-state index in [9.17, 15) is 0 Å². The van der Waals surface area contributed by atoms with Crippen LogP contribution in [0, 0.1) is 6.92 Å². The first-order valence-electron chi connectivity index (χ1n) is 6.43. The smallest absolute Gasteiger partial charge is 0.00931 e. The Balaban J connectivity index is 2.04. The summed E-state index contributed by atoms with van der Waals surface area (Å²) in [5, 5.41) is 2.78. The highest BCUT2D eigenvalue weighted by Crippen LogP contribution is 2.36. The molecule has 0 fully saturated rings. The summed E-state index contributed by atoms with van der Waals surface area (Å²) in [5.41, 5.74) is 3.96. The van der Waals surface area contributed by atoms with Crippen LogP contribution in [0.3, 0.4) is 0 Å². The molecule has 92 valence electrons. The van der Waals surface area contributed by atoms with Crippen molar-refractivity contribution in [3.63, 3.8) is 0 Å². The normalized spacial score (nSPS) is 10.8. The van der Waals surface area contributed by atoms with Crippen molar-refractivity contribution >= 4 is 8.19 Å². The van der Waals surface area contributed by atoms with Crippen LogP contribution in [0.1, 0.15) is 5.30 Å². The van der Waals surface area contributed by atoms with E-state index >= 15 is 0 Å². The summed E-state index contributed by atoms with van der Waals surface area (Å²) < 4.78 is 0. The number of aryl methyl sites for hydroxylation is 1. The molecule has 19 heavy (non-hydrogen) atoms. The van der Waals surface area contributed by atoms with Crippen LogP contribution in [0.25, 0.3) is 22.0 Å². The summed E-state index contributed by atoms with van der Waals surface area (Å²) in [4.78, 5) is 0. The molecule has 0 spiro atoms. The lowest BCUT2D eigenvalue weighted by atomic mass is 10.1. The van der Waals surface area contributed by atoms with Crippen LogP contribution >= 0.6 is 8.19 Å². The van der Waals surface area contributed by atoms with Crippen molar-refractivity contribution in [2.24, 2.45) is 0 Å². The van der Waals surface area contributed by atoms with Gasteiger partial charge in [-0.1, -0.05) is 74.9 Å². The van der Waals surface area contributed by atoms with E-state index in [1.807, 2.05) is 0 Å². The first kappa shape index (κ1) is 12.1. The third-order valence-electron chi connectivity index (χ3n) is 3.24. The van der Waals surface area contributed by atoms with Crippen molar-refractivity contribution < 1.29 is 0 Å². The van der Waals surface area contributed by atoms with Crippen molar-refractivity contribution in [2.75, 3.05) is 0 Å². The van der Waals surface area contributed by atoms with Crippen LogP contribution in [0.15, 0.2) is 72.8 Å². The molecule has 1 aromatic heterocycles. The Morgan fingerprint density at radius 1 is 0.632 bits per heavy atom. The van der Waals surface area contributed by atoms with E-state index in [0.717, 1.165) is 0 Å². The van der Waals surface area contributed by atoms with Crippen LogP contribution in [-0.2, 0) is 0 Å². The number of benzene rings is 2. The highest BCUT2D eigenvalue weighted by Gasteiger charge is 2.04. The minimum Gasteiger partial charge on any atom is -0.0639 e. The average Bonchev–Trinajstić information content (AvgIpc) is 2.49. The average molecular weight is 262 g/mol. The molecule has 0 amide bonds. The monoisotopic (exact) mass is 262 g/mol. The van der Waals surface area contributed by atoms with Crippen LogP contribution in [-0.4, -0.2) is 0 Å². The lowest BCUT2D eigenvalue weighted by Crippen LogP contribution is -1.81. The summed E-state index contributed by atoms with van der Waals surface area (Å²) in [5.74, 6) is 0. The van der Waals surface area contributed by atoms with Crippen molar-refractivity contribution in [3.8, 4) is 22.0 Å². The molecule has 0 saturated carbocycles. The molecular weight excluding hydrogens is 247 g/mol. The Bertz CT molecular complexity index is 673. The van der Waals surface area contributed by atoms with Gasteiger partial charge >= 0.3 is 0 Å². The molecular formula is C18H15P. The van der Waals surface area contributed by atoms with Gasteiger partial charge in [0, 0.05) is 5.30 Å². The quantitative estimate of drug-likeness (QED) is 0.538. The van der Waals surface area contributed by atoms with E-state index in [1.165, 1.54) is 35.5 Å². The van der Waals surface area contributed by atoms with Gasteiger partial charge in [-0.25, -0.2) is 0 Å². The Labute approximate surface area is 115 Å². The van der Waals surface area contributed by atoms with Gasteiger partial charge in [0.25, 0.3) is 0 Å². The van der Waals surface area contributed by atoms with E-state index in [2.05, 4.69) is 79.7 Å². The maximum absolute atomic E-state index is 2.24. The summed E-state index contributed by atoms with van der Waals surface area (Å²) in [6.07, 6.45) is 0. The zero-order valence-electron chi connectivity index (χ0n) is 10.9. The fourth-order valence-electron chi connectivity index (χ4n) is 2.25. The van der Waals surface area contributed by atoms with Gasteiger partial charge in [0.15, 0.2) is 0 Å². The Hall–Kier alpha value is -1.91. The van der Waals surface area contributed by atoms with Gasteiger partial charge < -0.3 is 0 Å². The minimum atomic E-state index is 1.30. The van der Waals surface area contributed by atoms with Crippen LogP contribution in [0.2, 0.25) is 0 Å².